The molecule has 2 aromatic rings. The molecule has 0 aromatic heterocycles. The number of benzene rings is 2. The molecule has 1 fully saturated rings. The molecule has 0 unspecified atom stereocenters. The molecule has 31 heavy (non-hydrogen) atoms. The highest BCUT2D eigenvalue weighted by Crippen LogP contribution is 2.32. The zero-order valence-electron chi connectivity index (χ0n) is 17.5. The molecule has 0 aliphatic carbocycles. The van der Waals surface area contributed by atoms with E-state index >= 15 is 0 Å². The van der Waals surface area contributed by atoms with Gasteiger partial charge in [-0.2, -0.15) is 0 Å². The Morgan fingerprint density at radius 1 is 1.23 bits per heavy atom. The van der Waals surface area contributed by atoms with Crippen molar-refractivity contribution in [1.29, 1.82) is 0 Å². The van der Waals surface area contributed by atoms with Gasteiger partial charge in [0.1, 0.15) is 6.61 Å². The monoisotopic (exact) mass is 446 g/mol. The average Bonchev–Trinajstić information content (AvgIpc) is 2.75. The normalized spacial score (nSPS) is 18.2. The molecule has 2 amide bonds. The van der Waals surface area contributed by atoms with Gasteiger partial charge in [-0.1, -0.05) is 60.1 Å². The minimum absolute atomic E-state index is 0.0416. The minimum Gasteiger partial charge on any atom is -0.483 e. The van der Waals surface area contributed by atoms with Crippen LogP contribution >= 0.6 is 11.6 Å². The highest BCUT2D eigenvalue weighted by molar-refractivity contribution is 6.31. The number of halogens is 1. The third kappa shape index (κ3) is 6.54. The maximum absolute atomic E-state index is 12.9. The predicted molar refractivity (Wildman–Crippen MR) is 118 cm³/mol. The minimum atomic E-state index is -0.756. The first-order valence-electron chi connectivity index (χ1n) is 9.97. The van der Waals surface area contributed by atoms with E-state index in [0.717, 1.165) is 11.1 Å². The summed E-state index contributed by atoms with van der Waals surface area (Å²) in [4.78, 5) is 35.5. The Bertz CT molecular complexity index is 875. The van der Waals surface area contributed by atoms with Crippen molar-refractivity contribution in [3.8, 4) is 0 Å². The number of amides is 2. The van der Waals surface area contributed by atoms with Crippen molar-refractivity contribution in [3.63, 3.8) is 0 Å². The van der Waals surface area contributed by atoms with Crippen LogP contribution in [0.15, 0.2) is 54.6 Å². The largest absolute Gasteiger partial charge is 0.483 e. The van der Waals surface area contributed by atoms with Crippen LogP contribution in [0.1, 0.15) is 31.0 Å². The molecule has 2 N–H and O–H groups in total. The summed E-state index contributed by atoms with van der Waals surface area (Å²) in [6.45, 7) is 4.00. The van der Waals surface area contributed by atoms with Gasteiger partial charge in [0.05, 0.1) is 6.04 Å². The van der Waals surface area contributed by atoms with Gasteiger partial charge in [0, 0.05) is 17.6 Å². The molecule has 1 aliphatic rings. The van der Waals surface area contributed by atoms with Crippen molar-refractivity contribution in [3.05, 3.63) is 70.7 Å². The molecule has 0 spiro atoms. The summed E-state index contributed by atoms with van der Waals surface area (Å²) in [7, 11) is 0. The molecule has 7 nitrogen and oxygen atoms in total. The van der Waals surface area contributed by atoms with Gasteiger partial charge in [-0.3, -0.25) is 14.4 Å². The van der Waals surface area contributed by atoms with Gasteiger partial charge in [0.25, 0.3) is 12.4 Å². The lowest BCUT2D eigenvalue weighted by molar-refractivity contribution is -0.167. The fraction of sp³-hybridized carbons (Fsp3) is 0.348. The van der Waals surface area contributed by atoms with Gasteiger partial charge in [-0.15, -0.1) is 0 Å². The second-order valence-corrected chi connectivity index (χ2v) is 7.63. The van der Waals surface area contributed by atoms with Crippen molar-refractivity contribution in [2.45, 2.75) is 38.5 Å². The molecular formula is C23H27ClN2O5. The maximum atomic E-state index is 12.9. The number of carbonyl (C=O) groups excluding carboxylic acids is 2. The Balaban J connectivity index is 0.00000107. The number of rotatable bonds is 6. The maximum Gasteiger partial charge on any atom is 0.290 e. The molecule has 0 radical (unpaired) electrons. The van der Waals surface area contributed by atoms with Crippen molar-refractivity contribution in [2.24, 2.45) is 0 Å². The van der Waals surface area contributed by atoms with E-state index in [1.807, 2.05) is 68.4 Å². The summed E-state index contributed by atoms with van der Waals surface area (Å²) in [6, 6.07) is 16.6. The lowest BCUT2D eigenvalue weighted by Gasteiger charge is -2.42. The first-order valence-corrected chi connectivity index (χ1v) is 10.3. The van der Waals surface area contributed by atoms with E-state index in [4.69, 9.17) is 26.2 Å². The smallest absolute Gasteiger partial charge is 0.290 e. The lowest BCUT2D eigenvalue weighted by atomic mass is 9.95. The summed E-state index contributed by atoms with van der Waals surface area (Å²) in [5.74, 6) is -0.331. The van der Waals surface area contributed by atoms with E-state index in [0.29, 0.717) is 18.0 Å². The summed E-state index contributed by atoms with van der Waals surface area (Å²) >= 11 is 6.18. The third-order valence-corrected chi connectivity index (χ3v) is 5.24. The van der Waals surface area contributed by atoms with Gasteiger partial charge < -0.3 is 20.1 Å². The molecule has 2 atom stereocenters. The summed E-state index contributed by atoms with van der Waals surface area (Å²) in [5.41, 5.74) is 1.86. The molecule has 2 aromatic carbocycles. The van der Waals surface area contributed by atoms with Crippen LogP contribution in [0.25, 0.3) is 0 Å². The van der Waals surface area contributed by atoms with Crippen molar-refractivity contribution in [1.82, 2.24) is 10.2 Å². The zero-order chi connectivity index (χ0) is 22.8. The van der Waals surface area contributed by atoms with Gasteiger partial charge in [-0.25, -0.2) is 0 Å². The summed E-state index contributed by atoms with van der Waals surface area (Å²) in [5, 5.41) is 10.5. The standard InChI is InChI=1S/C22H25ClN2O3.CH2O2/c1-15(2)25-19(26)14-28-21(20(25)17-9-4-3-5-10-17)22(27)24-13-12-16-8-6-7-11-18(16)23;2-1-3/h3-11,15,20-21H,12-14H2,1-2H3,(H,24,27);1H,(H,2,3)/t20-,21+;/m1./s1. The van der Waals surface area contributed by atoms with E-state index in [2.05, 4.69) is 5.32 Å². The molecular weight excluding hydrogens is 420 g/mol. The van der Waals surface area contributed by atoms with Crippen LogP contribution in [0, 0.1) is 0 Å². The lowest BCUT2D eigenvalue weighted by Crippen LogP contribution is -2.56. The van der Waals surface area contributed by atoms with Gasteiger partial charge >= 0.3 is 0 Å². The molecule has 166 valence electrons. The predicted octanol–water partition coefficient (Wildman–Crippen LogP) is 3.08. The molecule has 1 aliphatic heterocycles. The van der Waals surface area contributed by atoms with Crippen molar-refractivity contribution < 1.29 is 24.2 Å². The van der Waals surface area contributed by atoms with Crippen LogP contribution in [0.3, 0.4) is 0 Å². The Morgan fingerprint density at radius 2 is 1.84 bits per heavy atom. The number of carbonyl (C=O) groups is 3. The van der Waals surface area contributed by atoms with E-state index in [-0.39, 0.29) is 30.9 Å². The summed E-state index contributed by atoms with van der Waals surface area (Å²) in [6.07, 6.45) is -0.130. The number of hydrogen-bond donors (Lipinski definition) is 2. The quantitative estimate of drug-likeness (QED) is 0.665. The fourth-order valence-electron chi connectivity index (χ4n) is 3.56. The average molecular weight is 447 g/mol. The molecule has 1 heterocycles. The third-order valence-electron chi connectivity index (χ3n) is 4.87. The van der Waals surface area contributed by atoms with Gasteiger partial charge in [0.2, 0.25) is 5.91 Å². The van der Waals surface area contributed by atoms with Crippen LogP contribution < -0.4 is 5.32 Å². The van der Waals surface area contributed by atoms with Gasteiger partial charge in [0.15, 0.2) is 6.10 Å². The Hall–Kier alpha value is -2.90. The second-order valence-electron chi connectivity index (χ2n) is 7.22. The highest BCUT2D eigenvalue weighted by Gasteiger charge is 2.42. The number of morpholine rings is 1. The van der Waals surface area contributed by atoms with Crippen molar-refractivity contribution >= 4 is 29.9 Å². The molecule has 0 bridgehead atoms. The van der Waals surface area contributed by atoms with Crippen LogP contribution in [0.2, 0.25) is 5.02 Å². The van der Waals surface area contributed by atoms with E-state index in [1.54, 1.807) is 4.90 Å². The van der Waals surface area contributed by atoms with Crippen LogP contribution in [-0.2, 0) is 25.5 Å². The highest BCUT2D eigenvalue weighted by atomic mass is 35.5. The Kier molecular flexibility index (Phi) is 9.49. The van der Waals surface area contributed by atoms with Crippen LogP contribution in [0.5, 0.6) is 0 Å². The van der Waals surface area contributed by atoms with Gasteiger partial charge in [-0.05, 0) is 37.5 Å². The number of carboxylic acid groups (broad SMARTS) is 1. The molecule has 0 saturated carbocycles. The van der Waals surface area contributed by atoms with Crippen LogP contribution in [-0.4, -0.2) is 53.6 Å². The Morgan fingerprint density at radius 3 is 2.45 bits per heavy atom. The van der Waals surface area contributed by atoms with E-state index in [9.17, 15) is 9.59 Å². The number of nitrogens with zero attached hydrogens (tertiary/aromatic N) is 1. The van der Waals surface area contributed by atoms with Crippen LogP contribution in [0.4, 0.5) is 0 Å². The van der Waals surface area contributed by atoms with E-state index in [1.165, 1.54) is 0 Å². The Labute approximate surface area is 187 Å². The first-order chi connectivity index (χ1) is 14.9. The number of hydrogen-bond acceptors (Lipinski definition) is 4. The van der Waals surface area contributed by atoms with E-state index < -0.39 is 12.1 Å². The van der Waals surface area contributed by atoms with Crippen molar-refractivity contribution in [2.75, 3.05) is 13.2 Å². The SMILES string of the molecule is CC(C)N1C(=O)CO[C@H](C(=O)NCCc2ccccc2Cl)[C@H]1c1ccccc1.O=CO. The topological polar surface area (TPSA) is 95.9 Å². The molecule has 8 heteroatoms. The molecule has 3 rings (SSSR count). The fourth-order valence-corrected chi connectivity index (χ4v) is 3.79. The summed E-state index contributed by atoms with van der Waals surface area (Å²) < 4.78 is 5.70. The first kappa shape index (κ1) is 24.4. The number of ether oxygens (including phenoxy) is 1. The zero-order valence-corrected chi connectivity index (χ0v) is 18.3. The molecule has 1 saturated heterocycles. The second kappa shape index (κ2) is 12.1. The number of nitrogens with one attached hydrogen (secondary N) is 1.